The maximum absolute atomic E-state index is 2.64. The summed E-state index contributed by atoms with van der Waals surface area (Å²) in [5.41, 5.74) is 0.919. The number of fused-ring (bicyclic) bond motifs is 12. The van der Waals surface area contributed by atoms with E-state index in [1.165, 1.54) is 29.6 Å². The summed E-state index contributed by atoms with van der Waals surface area (Å²) in [4.78, 5) is 0. The molecular formula is C21H28. The van der Waals surface area contributed by atoms with Crippen molar-refractivity contribution in [3.8, 4) is 0 Å². The maximum Gasteiger partial charge on any atom is -0.0194 e. The molecule has 0 nitrogen and oxygen atoms in total. The molecule has 112 valence electrons. The average molecular weight is 280 g/mol. The van der Waals surface area contributed by atoms with Gasteiger partial charge >= 0.3 is 0 Å². The lowest BCUT2D eigenvalue weighted by Gasteiger charge is -2.50. The van der Waals surface area contributed by atoms with Crippen molar-refractivity contribution in [2.24, 2.45) is 64.6 Å². The van der Waals surface area contributed by atoms with E-state index in [1.54, 1.807) is 51.4 Å². The molecule has 0 heterocycles. The van der Waals surface area contributed by atoms with Crippen molar-refractivity contribution in [2.45, 2.75) is 51.4 Å². The van der Waals surface area contributed by atoms with Gasteiger partial charge in [0.2, 0.25) is 0 Å². The van der Waals surface area contributed by atoms with Crippen LogP contribution in [0.25, 0.3) is 0 Å². The summed E-state index contributed by atoms with van der Waals surface area (Å²) in [6.45, 7) is 0. The van der Waals surface area contributed by atoms with E-state index in [4.69, 9.17) is 0 Å². The summed E-state index contributed by atoms with van der Waals surface area (Å²) in [7, 11) is 0. The molecule has 7 aliphatic carbocycles. The second-order valence-electron chi connectivity index (χ2n) is 10.1. The molecule has 6 saturated carbocycles. The highest BCUT2D eigenvalue weighted by Crippen LogP contribution is 2.85. The minimum Gasteiger partial charge on any atom is -0.0848 e. The van der Waals surface area contributed by atoms with Crippen LogP contribution >= 0.6 is 0 Å². The molecule has 0 N–H and O–H groups in total. The molecule has 0 aromatic heterocycles. The fourth-order valence-electron chi connectivity index (χ4n) is 9.86. The number of rotatable bonds is 0. The van der Waals surface area contributed by atoms with Gasteiger partial charge < -0.3 is 0 Å². The van der Waals surface area contributed by atoms with Crippen molar-refractivity contribution in [3.05, 3.63) is 12.2 Å². The highest BCUT2D eigenvalue weighted by molar-refractivity contribution is 5.30. The lowest BCUT2D eigenvalue weighted by molar-refractivity contribution is -0.0135. The van der Waals surface area contributed by atoms with Gasteiger partial charge in [0.1, 0.15) is 0 Å². The van der Waals surface area contributed by atoms with Gasteiger partial charge in [0.05, 0.1) is 0 Å². The molecule has 21 heavy (non-hydrogen) atoms. The van der Waals surface area contributed by atoms with Gasteiger partial charge in [0, 0.05) is 0 Å². The summed E-state index contributed by atoms with van der Waals surface area (Å²) in [5, 5.41) is 0. The normalized spacial score (nSPS) is 71.2. The molecule has 0 aromatic carbocycles. The van der Waals surface area contributed by atoms with Crippen molar-refractivity contribution in [2.75, 3.05) is 0 Å². The van der Waals surface area contributed by atoms with Crippen LogP contribution in [0, 0.1) is 64.6 Å². The first kappa shape index (κ1) is 11.3. The van der Waals surface area contributed by atoms with Crippen LogP contribution in [0.5, 0.6) is 0 Å². The van der Waals surface area contributed by atoms with Crippen molar-refractivity contribution >= 4 is 0 Å². The zero-order chi connectivity index (χ0) is 13.3. The fourth-order valence-corrected chi connectivity index (χ4v) is 9.86. The van der Waals surface area contributed by atoms with Crippen LogP contribution in [0.1, 0.15) is 51.4 Å². The van der Waals surface area contributed by atoms with Gasteiger partial charge in [-0.15, -0.1) is 0 Å². The number of hydrogen-bond donors (Lipinski definition) is 0. The van der Waals surface area contributed by atoms with Gasteiger partial charge in [0.15, 0.2) is 0 Å². The van der Waals surface area contributed by atoms with E-state index in [0.717, 1.165) is 35.0 Å². The first-order valence-corrected chi connectivity index (χ1v) is 10.1. The molecule has 0 amide bonds. The lowest BCUT2D eigenvalue weighted by atomic mass is 9.55. The molecule has 7 rings (SSSR count). The maximum atomic E-state index is 2.64. The second kappa shape index (κ2) is 3.31. The Labute approximate surface area is 128 Å². The zero-order valence-corrected chi connectivity index (χ0v) is 13.1. The Bertz CT molecular complexity index is 546. The van der Waals surface area contributed by atoms with Gasteiger partial charge in [0.25, 0.3) is 0 Å². The Hall–Kier alpha value is -0.260. The Morgan fingerprint density at radius 2 is 1.57 bits per heavy atom. The molecule has 0 radical (unpaired) electrons. The van der Waals surface area contributed by atoms with Crippen LogP contribution in [0.15, 0.2) is 12.2 Å². The molecule has 0 aliphatic heterocycles. The molecule has 0 heteroatoms. The minimum absolute atomic E-state index is 0.919. The van der Waals surface area contributed by atoms with Gasteiger partial charge in [-0.2, -0.15) is 0 Å². The SMILES string of the molecule is C1=CC2CC1C1C3CC(C21)C12CC1C1CCCCC1CC32. The third kappa shape index (κ3) is 1.05. The smallest absolute Gasteiger partial charge is 0.0194 e. The van der Waals surface area contributed by atoms with E-state index in [1.807, 2.05) is 0 Å². The zero-order valence-electron chi connectivity index (χ0n) is 13.1. The Kier molecular flexibility index (Phi) is 1.78. The van der Waals surface area contributed by atoms with Gasteiger partial charge in [-0.05, 0) is 96.7 Å². The Morgan fingerprint density at radius 3 is 2.52 bits per heavy atom. The summed E-state index contributed by atoms with van der Waals surface area (Å²) in [5.74, 6) is 11.5. The average Bonchev–Trinajstić information content (AvgIpc) is 2.92. The van der Waals surface area contributed by atoms with Gasteiger partial charge in [-0.25, -0.2) is 0 Å². The third-order valence-corrected chi connectivity index (χ3v) is 10.1. The van der Waals surface area contributed by atoms with Crippen LogP contribution in [0.3, 0.4) is 0 Å². The highest BCUT2D eigenvalue weighted by Gasteiger charge is 2.79. The summed E-state index contributed by atoms with van der Waals surface area (Å²) in [6.07, 6.45) is 18.2. The second-order valence-corrected chi connectivity index (χ2v) is 10.1. The first-order valence-electron chi connectivity index (χ1n) is 10.1. The van der Waals surface area contributed by atoms with Crippen LogP contribution < -0.4 is 0 Å². The summed E-state index contributed by atoms with van der Waals surface area (Å²) >= 11 is 0. The van der Waals surface area contributed by atoms with Crippen LogP contribution in [0.4, 0.5) is 0 Å². The van der Waals surface area contributed by atoms with Crippen LogP contribution in [-0.4, -0.2) is 0 Å². The standard InChI is InChI=1S/C21H28/c1-2-4-14-11(3-1)8-16-15-9-17(21(16)10-18(14)21)20-13-6-5-12(7-13)19(15)20/h5-6,11-20H,1-4,7-10H2. The molecule has 7 aliphatic rings. The summed E-state index contributed by atoms with van der Waals surface area (Å²) < 4.78 is 0. The van der Waals surface area contributed by atoms with E-state index < -0.39 is 0 Å². The Morgan fingerprint density at radius 1 is 0.714 bits per heavy atom. The molecule has 11 unspecified atom stereocenters. The van der Waals surface area contributed by atoms with Crippen LogP contribution in [0.2, 0.25) is 0 Å². The fraction of sp³-hybridized carbons (Fsp3) is 0.905. The van der Waals surface area contributed by atoms with Crippen LogP contribution in [-0.2, 0) is 0 Å². The van der Waals surface area contributed by atoms with E-state index in [2.05, 4.69) is 12.2 Å². The van der Waals surface area contributed by atoms with Crippen molar-refractivity contribution < 1.29 is 0 Å². The van der Waals surface area contributed by atoms with Crippen molar-refractivity contribution in [1.29, 1.82) is 0 Å². The molecule has 0 saturated heterocycles. The van der Waals surface area contributed by atoms with Gasteiger partial charge in [-0.3, -0.25) is 0 Å². The molecule has 1 spiro atoms. The predicted molar refractivity (Wildman–Crippen MR) is 83.4 cm³/mol. The number of allylic oxidation sites excluding steroid dienone is 2. The van der Waals surface area contributed by atoms with E-state index in [0.29, 0.717) is 0 Å². The molecule has 6 fully saturated rings. The minimum atomic E-state index is 0.919. The molecule has 4 bridgehead atoms. The van der Waals surface area contributed by atoms with Gasteiger partial charge in [-0.1, -0.05) is 31.4 Å². The highest BCUT2D eigenvalue weighted by atomic mass is 14.8. The molecule has 0 aromatic rings. The summed E-state index contributed by atoms with van der Waals surface area (Å²) in [6, 6.07) is 0. The third-order valence-electron chi connectivity index (χ3n) is 10.1. The first-order chi connectivity index (χ1) is 10.4. The van der Waals surface area contributed by atoms with Crippen molar-refractivity contribution in [1.82, 2.24) is 0 Å². The number of hydrogen-bond acceptors (Lipinski definition) is 0. The quantitative estimate of drug-likeness (QED) is 0.437. The predicted octanol–water partition coefficient (Wildman–Crippen LogP) is 4.91. The van der Waals surface area contributed by atoms with E-state index >= 15 is 0 Å². The van der Waals surface area contributed by atoms with E-state index in [-0.39, 0.29) is 0 Å². The molecular weight excluding hydrogens is 252 g/mol. The topological polar surface area (TPSA) is 0 Å². The van der Waals surface area contributed by atoms with E-state index in [9.17, 15) is 0 Å². The van der Waals surface area contributed by atoms with Crippen molar-refractivity contribution in [3.63, 3.8) is 0 Å². The monoisotopic (exact) mass is 280 g/mol. The Balaban J connectivity index is 1.32. The largest absolute Gasteiger partial charge is 0.0848 e. The molecule has 11 atom stereocenters. The lowest BCUT2D eigenvalue weighted by Crippen LogP contribution is -2.44.